The van der Waals surface area contributed by atoms with Crippen LogP contribution in [0.2, 0.25) is 0 Å². The Balaban J connectivity index is 1.73. The van der Waals surface area contributed by atoms with Crippen molar-refractivity contribution in [2.45, 2.75) is 26.3 Å². The van der Waals surface area contributed by atoms with Crippen LogP contribution in [0.25, 0.3) is 11.1 Å². The molecule has 0 aliphatic heterocycles. The highest BCUT2D eigenvalue weighted by molar-refractivity contribution is 5.63. The van der Waals surface area contributed by atoms with Crippen LogP contribution in [0, 0.1) is 5.82 Å². The van der Waals surface area contributed by atoms with Gasteiger partial charge in [-0.25, -0.2) is 9.37 Å². The first-order chi connectivity index (χ1) is 11.7. The van der Waals surface area contributed by atoms with E-state index >= 15 is 0 Å². The van der Waals surface area contributed by atoms with E-state index < -0.39 is 0 Å². The number of aromatic nitrogens is 2. The number of aryl methyl sites for hydroxylation is 1. The van der Waals surface area contributed by atoms with Crippen molar-refractivity contribution in [3.8, 4) is 11.1 Å². The molecule has 0 amide bonds. The van der Waals surface area contributed by atoms with Crippen LogP contribution in [0.3, 0.4) is 0 Å². The van der Waals surface area contributed by atoms with Crippen LogP contribution in [0.4, 0.5) is 10.2 Å². The van der Waals surface area contributed by atoms with Gasteiger partial charge >= 0.3 is 0 Å². The molecule has 2 aromatic heterocycles. The van der Waals surface area contributed by atoms with Crippen molar-refractivity contribution >= 4 is 5.82 Å². The van der Waals surface area contributed by atoms with Crippen LogP contribution in [-0.4, -0.2) is 9.97 Å². The second-order valence-corrected chi connectivity index (χ2v) is 5.79. The number of benzene rings is 1. The number of hydrogen-bond donors (Lipinski definition) is 1. The molecule has 0 fully saturated rings. The lowest BCUT2D eigenvalue weighted by Gasteiger charge is -2.15. The molecule has 0 aliphatic rings. The first kappa shape index (κ1) is 16.1. The molecule has 0 spiro atoms. The molecule has 1 N–H and O–H groups in total. The molecule has 1 unspecified atom stereocenters. The Bertz CT molecular complexity index is 798. The van der Waals surface area contributed by atoms with E-state index in [2.05, 4.69) is 28.3 Å². The molecular formula is C20H20FN3. The van der Waals surface area contributed by atoms with Gasteiger partial charge in [0.2, 0.25) is 0 Å². The SMILES string of the molecule is CCc1cncc(-c2ccc(NC(C)c3ccc(F)cc3)nc2)c1. The number of nitrogens with one attached hydrogen (secondary N) is 1. The van der Waals surface area contributed by atoms with Crippen molar-refractivity contribution in [3.63, 3.8) is 0 Å². The fraction of sp³-hybridized carbons (Fsp3) is 0.200. The third kappa shape index (κ3) is 3.77. The van der Waals surface area contributed by atoms with Gasteiger partial charge in [-0.05, 0) is 54.8 Å². The predicted octanol–water partition coefficient (Wildman–Crippen LogP) is 5.02. The standard InChI is InChI=1S/C20H20FN3/c1-3-15-10-18(12-22-11-15)17-6-9-20(23-13-17)24-14(2)16-4-7-19(21)8-5-16/h4-14H,3H2,1-2H3,(H,23,24). The van der Waals surface area contributed by atoms with Gasteiger partial charge in [-0.3, -0.25) is 4.98 Å². The van der Waals surface area contributed by atoms with Crippen molar-refractivity contribution in [1.29, 1.82) is 0 Å². The molecule has 3 rings (SSSR count). The van der Waals surface area contributed by atoms with Crippen molar-refractivity contribution in [2.24, 2.45) is 0 Å². The molecule has 122 valence electrons. The third-order valence-electron chi connectivity index (χ3n) is 4.03. The Kier molecular flexibility index (Phi) is 4.85. The van der Waals surface area contributed by atoms with Crippen molar-refractivity contribution in [1.82, 2.24) is 9.97 Å². The summed E-state index contributed by atoms with van der Waals surface area (Å²) >= 11 is 0. The lowest BCUT2D eigenvalue weighted by molar-refractivity contribution is 0.626. The summed E-state index contributed by atoms with van der Waals surface area (Å²) in [5.74, 6) is 0.562. The van der Waals surface area contributed by atoms with Gasteiger partial charge in [0, 0.05) is 35.8 Å². The summed E-state index contributed by atoms with van der Waals surface area (Å²) in [5, 5.41) is 3.33. The Morgan fingerprint density at radius 1 is 1.00 bits per heavy atom. The number of anilines is 1. The van der Waals surface area contributed by atoms with Crippen molar-refractivity contribution < 1.29 is 4.39 Å². The molecule has 0 bridgehead atoms. The molecular weight excluding hydrogens is 301 g/mol. The fourth-order valence-electron chi connectivity index (χ4n) is 2.55. The lowest BCUT2D eigenvalue weighted by Crippen LogP contribution is -2.07. The van der Waals surface area contributed by atoms with E-state index in [0.717, 1.165) is 28.9 Å². The number of nitrogens with zero attached hydrogens (tertiary/aromatic N) is 2. The monoisotopic (exact) mass is 321 g/mol. The smallest absolute Gasteiger partial charge is 0.126 e. The van der Waals surface area contributed by atoms with Gasteiger partial charge in [0.1, 0.15) is 11.6 Å². The summed E-state index contributed by atoms with van der Waals surface area (Å²) in [5.41, 5.74) is 4.33. The maximum Gasteiger partial charge on any atom is 0.126 e. The highest BCUT2D eigenvalue weighted by Crippen LogP contribution is 2.22. The molecule has 0 aliphatic carbocycles. The first-order valence-corrected chi connectivity index (χ1v) is 8.08. The van der Waals surface area contributed by atoms with Gasteiger partial charge in [-0.15, -0.1) is 0 Å². The third-order valence-corrected chi connectivity index (χ3v) is 4.03. The summed E-state index contributed by atoms with van der Waals surface area (Å²) in [7, 11) is 0. The quantitative estimate of drug-likeness (QED) is 0.717. The first-order valence-electron chi connectivity index (χ1n) is 8.08. The van der Waals surface area contributed by atoms with Crippen LogP contribution in [0.5, 0.6) is 0 Å². The van der Waals surface area contributed by atoms with Crippen LogP contribution in [0.15, 0.2) is 61.1 Å². The molecule has 0 radical (unpaired) electrons. The number of hydrogen-bond acceptors (Lipinski definition) is 3. The van der Waals surface area contributed by atoms with E-state index in [-0.39, 0.29) is 11.9 Å². The zero-order valence-electron chi connectivity index (χ0n) is 13.8. The summed E-state index contributed by atoms with van der Waals surface area (Å²) in [4.78, 5) is 8.76. The second-order valence-electron chi connectivity index (χ2n) is 5.79. The maximum absolute atomic E-state index is 13.0. The molecule has 1 atom stereocenters. The molecule has 0 saturated heterocycles. The van der Waals surface area contributed by atoms with Gasteiger partial charge in [-0.2, -0.15) is 0 Å². The van der Waals surface area contributed by atoms with Gasteiger partial charge in [0.25, 0.3) is 0 Å². The zero-order chi connectivity index (χ0) is 16.9. The van der Waals surface area contributed by atoms with Gasteiger partial charge < -0.3 is 5.32 Å². The summed E-state index contributed by atoms with van der Waals surface area (Å²) in [6.45, 7) is 4.14. The summed E-state index contributed by atoms with van der Waals surface area (Å²) < 4.78 is 13.0. The molecule has 4 heteroatoms. The van der Waals surface area contributed by atoms with E-state index in [9.17, 15) is 4.39 Å². The van der Waals surface area contributed by atoms with Crippen LogP contribution in [-0.2, 0) is 6.42 Å². The lowest BCUT2D eigenvalue weighted by atomic mass is 10.1. The number of rotatable bonds is 5. The number of pyridine rings is 2. The minimum absolute atomic E-state index is 0.0500. The summed E-state index contributed by atoms with van der Waals surface area (Å²) in [6, 6.07) is 12.7. The highest BCUT2D eigenvalue weighted by Gasteiger charge is 2.07. The number of halogens is 1. The van der Waals surface area contributed by atoms with Crippen molar-refractivity contribution in [3.05, 3.63) is 78.0 Å². The van der Waals surface area contributed by atoms with E-state index in [0.29, 0.717) is 0 Å². The molecule has 0 saturated carbocycles. The van der Waals surface area contributed by atoms with E-state index in [1.807, 2.05) is 37.6 Å². The maximum atomic E-state index is 13.0. The van der Waals surface area contributed by atoms with E-state index in [4.69, 9.17) is 0 Å². The average molecular weight is 321 g/mol. The fourth-order valence-corrected chi connectivity index (χ4v) is 2.55. The van der Waals surface area contributed by atoms with Crippen LogP contribution in [0.1, 0.15) is 31.0 Å². The van der Waals surface area contributed by atoms with E-state index in [1.54, 1.807) is 12.1 Å². The Morgan fingerprint density at radius 3 is 2.46 bits per heavy atom. The van der Waals surface area contributed by atoms with Crippen LogP contribution < -0.4 is 5.32 Å². The van der Waals surface area contributed by atoms with Gasteiger partial charge in [-0.1, -0.05) is 19.1 Å². The van der Waals surface area contributed by atoms with E-state index in [1.165, 1.54) is 17.7 Å². The molecule has 1 aromatic carbocycles. The van der Waals surface area contributed by atoms with Crippen molar-refractivity contribution in [2.75, 3.05) is 5.32 Å². The van der Waals surface area contributed by atoms with Gasteiger partial charge in [0.05, 0.1) is 0 Å². The minimum Gasteiger partial charge on any atom is -0.364 e. The molecule has 3 nitrogen and oxygen atoms in total. The highest BCUT2D eigenvalue weighted by atomic mass is 19.1. The topological polar surface area (TPSA) is 37.8 Å². The molecule has 2 heterocycles. The average Bonchev–Trinajstić information content (AvgIpc) is 2.63. The zero-order valence-corrected chi connectivity index (χ0v) is 13.8. The van der Waals surface area contributed by atoms with Gasteiger partial charge in [0.15, 0.2) is 0 Å². The Labute approximate surface area is 141 Å². The molecule has 3 aromatic rings. The predicted molar refractivity (Wildman–Crippen MR) is 95.3 cm³/mol. The Hall–Kier alpha value is -2.75. The Morgan fingerprint density at radius 2 is 1.79 bits per heavy atom. The summed E-state index contributed by atoms with van der Waals surface area (Å²) in [6.07, 6.45) is 6.54. The normalized spacial score (nSPS) is 12.0. The molecule has 24 heavy (non-hydrogen) atoms. The largest absolute Gasteiger partial charge is 0.364 e. The van der Waals surface area contributed by atoms with Crippen LogP contribution >= 0.6 is 0 Å². The second kappa shape index (κ2) is 7.21. The minimum atomic E-state index is -0.226.